The molecule has 0 radical (unpaired) electrons. The van der Waals surface area contributed by atoms with Gasteiger partial charge in [0.15, 0.2) is 6.61 Å². The first-order chi connectivity index (χ1) is 11.7. The molecule has 0 saturated heterocycles. The van der Waals surface area contributed by atoms with Crippen molar-refractivity contribution in [3.8, 4) is 5.75 Å². The second-order valence-corrected chi connectivity index (χ2v) is 7.78. The Morgan fingerprint density at radius 1 is 1.04 bits per heavy atom. The number of nitrogens with zero attached hydrogens (tertiary/aromatic N) is 2. The van der Waals surface area contributed by atoms with Gasteiger partial charge in [0.25, 0.3) is 15.9 Å². The van der Waals surface area contributed by atoms with Crippen LogP contribution in [0, 0.1) is 6.92 Å². The van der Waals surface area contributed by atoms with Gasteiger partial charge in [0.1, 0.15) is 5.75 Å². The molecule has 0 aliphatic carbocycles. The lowest BCUT2D eigenvalue weighted by atomic mass is 10.2. The molecule has 0 atom stereocenters. The van der Waals surface area contributed by atoms with Gasteiger partial charge in [-0.1, -0.05) is 18.2 Å². The molecule has 2 aromatic carbocycles. The highest BCUT2D eigenvalue weighted by atomic mass is 32.2. The van der Waals surface area contributed by atoms with Gasteiger partial charge in [0.05, 0.1) is 10.6 Å². The van der Waals surface area contributed by atoms with E-state index in [0.717, 1.165) is 0 Å². The Labute approximate surface area is 148 Å². The second kappa shape index (κ2) is 7.57. The number of rotatable bonds is 6. The number of anilines is 1. The number of sulfonamides is 1. The van der Waals surface area contributed by atoms with Crippen molar-refractivity contribution in [3.05, 3.63) is 54.1 Å². The normalized spacial score (nSPS) is 11.0. The van der Waals surface area contributed by atoms with Crippen LogP contribution >= 0.6 is 0 Å². The van der Waals surface area contributed by atoms with E-state index in [9.17, 15) is 13.2 Å². The number of carbonyl (C=O) groups is 1. The summed E-state index contributed by atoms with van der Waals surface area (Å²) in [6.45, 7) is 1.65. The molecule has 0 aliphatic rings. The lowest BCUT2D eigenvalue weighted by Gasteiger charge is -2.20. The van der Waals surface area contributed by atoms with E-state index < -0.39 is 10.0 Å². The molecule has 0 aliphatic heterocycles. The fourth-order valence-corrected chi connectivity index (χ4v) is 3.43. The summed E-state index contributed by atoms with van der Waals surface area (Å²) < 4.78 is 32.3. The van der Waals surface area contributed by atoms with Gasteiger partial charge in [-0.15, -0.1) is 0 Å². The minimum atomic E-state index is -3.67. The number of amides is 1. The summed E-state index contributed by atoms with van der Waals surface area (Å²) in [5.74, 6) is 0.316. The standard InChI is InChI=1S/C18H22N2O4S/c1-14-12-16(10-11-17(14)24-13-18(21)19(2)3)25(22,23)20(4)15-8-6-5-7-9-15/h5-12H,13H2,1-4H3. The molecule has 0 fully saturated rings. The summed E-state index contributed by atoms with van der Waals surface area (Å²) in [4.78, 5) is 13.2. The fraction of sp³-hybridized carbons (Fsp3) is 0.278. The van der Waals surface area contributed by atoms with Crippen LogP contribution in [0.15, 0.2) is 53.4 Å². The third kappa shape index (κ3) is 4.30. The highest BCUT2D eigenvalue weighted by molar-refractivity contribution is 7.92. The summed E-state index contributed by atoms with van der Waals surface area (Å²) in [5, 5.41) is 0. The van der Waals surface area contributed by atoms with Crippen LogP contribution in [0.3, 0.4) is 0 Å². The third-order valence-corrected chi connectivity index (χ3v) is 5.56. The molecule has 0 bridgehead atoms. The molecule has 0 spiro atoms. The second-order valence-electron chi connectivity index (χ2n) is 5.81. The van der Waals surface area contributed by atoms with E-state index in [1.165, 1.54) is 22.3 Å². The number of benzene rings is 2. The first kappa shape index (κ1) is 18.8. The van der Waals surface area contributed by atoms with E-state index in [0.29, 0.717) is 17.0 Å². The smallest absolute Gasteiger partial charge is 0.264 e. The molecule has 6 nitrogen and oxygen atoms in total. The van der Waals surface area contributed by atoms with E-state index >= 15 is 0 Å². The Bertz CT molecular complexity index is 849. The molecule has 25 heavy (non-hydrogen) atoms. The van der Waals surface area contributed by atoms with Gasteiger partial charge in [0, 0.05) is 21.1 Å². The molecule has 0 unspecified atom stereocenters. The Balaban J connectivity index is 2.23. The van der Waals surface area contributed by atoms with Crippen molar-refractivity contribution in [1.82, 2.24) is 4.90 Å². The van der Waals surface area contributed by atoms with Crippen LogP contribution in [-0.2, 0) is 14.8 Å². The third-order valence-electron chi connectivity index (χ3n) is 3.77. The molecule has 0 saturated carbocycles. The molecular weight excluding hydrogens is 340 g/mol. The van der Waals surface area contributed by atoms with Crippen LogP contribution < -0.4 is 9.04 Å². The number of hydrogen-bond donors (Lipinski definition) is 0. The lowest BCUT2D eigenvalue weighted by molar-refractivity contribution is -0.130. The van der Waals surface area contributed by atoms with E-state index in [-0.39, 0.29) is 17.4 Å². The molecule has 2 aromatic rings. The molecule has 1 amide bonds. The van der Waals surface area contributed by atoms with Crippen molar-refractivity contribution in [3.63, 3.8) is 0 Å². The zero-order chi connectivity index (χ0) is 18.6. The van der Waals surface area contributed by atoms with Gasteiger partial charge in [-0.05, 0) is 42.8 Å². The number of likely N-dealkylation sites (N-methyl/N-ethyl adjacent to an activating group) is 1. The number of hydrogen-bond acceptors (Lipinski definition) is 4. The molecule has 0 heterocycles. The summed E-state index contributed by atoms with van der Waals surface area (Å²) in [6, 6.07) is 13.5. The topological polar surface area (TPSA) is 66.9 Å². The van der Waals surface area contributed by atoms with Crippen molar-refractivity contribution in [2.75, 3.05) is 32.1 Å². The average molecular weight is 362 g/mol. The average Bonchev–Trinajstić information content (AvgIpc) is 2.60. The molecule has 0 aromatic heterocycles. The minimum Gasteiger partial charge on any atom is -0.483 e. The number of carbonyl (C=O) groups excluding carboxylic acids is 1. The monoisotopic (exact) mass is 362 g/mol. The maximum atomic E-state index is 12.8. The first-order valence-electron chi connectivity index (χ1n) is 7.71. The predicted octanol–water partition coefficient (Wildman–Crippen LogP) is 2.29. The molecule has 0 N–H and O–H groups in total. The van der Waals surface area contributed by atoms with Crippen LogP contribution in [0.2, 0.25) is 0 Å². The van der Waals surface area contributed by atoms with Crippen molar-refractivity contribution in [1.29, 1.82) is 0 Å². The molecule has 2 rings (SSSR count). The van der Waals surface area contributed by atoms with E-state index in [4.69, 9.17) is 4.74 Å². The van der Waals surface area contributed by atoms with Gasteiger partial charge >= 0.3 is 0 Å². The fourth-order valence-electron chi connectivity index (χ4n) is 2.15. The van der Waals surface area contributed by atoms with Gasteiger partial charge in [-0.25, -0.2) is 8.42 Å². The largest absolute Gasteiger partial charge is 0.483 e. The SMILES string of the molecule is Cc1cc(S(=O)(=O)N(C)c2ccccc2)ccc1OCC(=O)N(C)C. The zero-order valence-corrected chi connectivity index (χ0v) is 15.6. The molecular formula is C18H22N2O4S. The van der Waals surface area contributed by atoms with Gasteiger partial charge in [0.2, 0.25) is 0 Å². The van der Waals surface area contributed by atoms with Crippen LogP contribution in [0.1, 0.15) is 5.56 Å². The Kier molecular flexibility index (Phi) is 5.69. The number of ether oxygens (including phenoxy) is 1. The van der Waals surface area contributed by atoms with Crippen LogP contribution in [-0.4, -0.2) is 47.0 Å². The van der Waals surface area contributed by atoms with Crippen molar-refractivity contribution < 1.29 is 17.9 Å². The zero-order valence-electron chi connectivity index (χ0n) is 14.8. The summed E-state index contributed by atoms with van der Waals surface area (Å²) in [7, 11) is 1.13. The summed E-state index contributed by atoms with van der Waals surface area (Å²) in [5.41, 5.74) is 1.23. The van der Waals surface area contributed by atoms with Crippen molar-refractivity contribution in [2.45, 2.75) is 11.8 Å². The van der Waals surface area contributed by atoms with Crippen LogP contribution in [0.5, 0.6) is 5.75 Å². The Hall–Kier alpha value is -2.54. The number of para-hydroxylation sites is 1. The molecule has 134 valence electrons. The highest BCUT2D eigenvalue weighted by Gasteiger charge is 2.22. The van der Waals surface area contributed by atoms with Crippen LogP contribution in [0.25, 0.3) is 0 Å². The maximum Gasteiger partial charge on any atom is 0.264 e. The van der Waals surface area contributed by atoms with E-state index in [1.807, 2.05) is 6.07 Å². The highest BCUT2D eigenvalue weighted by Crippen LogP contribution is 2.26. The minimum absolute atomic E-state index is 0.0934. The number of aryl methyl sites for hydroxylation is 1. The maximum absolute atomic E-state index is 12.8. The van der Waals surface area contributed by atoms with Gasteiger partial charge in [-0.3, -0.25) is 9.10 Å². The van der Waals surface area contributed by atoms with Crippen LogP contribution in [0.4, 0.5) is 5.69 Å². The summed E-state index contributed by atoms with van der Waals surface area (Å²) >= 11 is 0. The van der Waals surface area contributed by atoms with Crippen molar-refractivity contribution >= 4 is 21.6 Å². The lowest BCUT2D eigenvalue weighted by Crippen LogP contribution is -2.28. The van der Waals surface area contributed by atoms with Gasteiger partial charge < -0.3 is 9.64 Å². The summed E-state index contributed by atoms with van der Waals surface area (Å²) in [6.07, 6.45) is 0. The predicted molar refractivity (Wildman–Crippen MR) is 97.4 cm³/mol. The Morgan fingerprint density at radius 3 is 2.24 bits per heavy atom. The quantitative estimate of drug-likeness (QED) is 0.791. The van der Waals surface area contributed by atoms with Gasteiger partial charge in [-0.2, -0.15) is 0 Å². The first-order valence-corrected chi connectivity index (χ1v) is 9.15. The van der Waals surface area contributed by atoms with E-state index in [2.05, 4.69) is 0 Å². The van der Waals surface area contributed by atoms with Crippen molar-refractivity contribution in [2.24, 2.45) is 0 Å². The Morgan fingerprint density at radius 2 is 1.68 bits per heavy atom. The molecule has 7 heteroatoms. The van der Waals surface area contributed by atoms with E-state index in [1.54, 1.807) is 57.4 Å².